The molecule has 0 aliphatic heterocycles. The number of rotatable bonds is 3. The molecule has 1 aliphatic rings. The third-order valence-electron chi connectivity index (χ3n) is 2.75. The largest absolute Gasteiger partial charge is 0.329 e. The van der Waals surface area contributed by atoms with Gasteiger partial charge in [-0.3, -0.25) is 4.79 Å². The van der Waals surface area contributed by atoms with Gasteiger partial charge in [-0.05, 0) is 12.8 Å². The minimum Gasteiger partial charge on any atom is -0.329 e. The third kappa shape index (κ3) is 1.32. The highest BCUT2D eigenvalue weighted by atomic mass is 16.1. The van der Waals surface area contributed by atoms with Crippen LogP contribution in [0.25, 0.3) is 0 Å². The molecule has 0 spiro atoms. The monoisotopic (exact) mass is 155 g/mol. The quantitative estimate of drug-likeness (QED) is 0.668. The summed E-state index contributed by atoms with van der Waals surface area (Å²) < 4.78 is 0. The summed E-state index contributed by atoms with van der Waals surface area (Å²) in [4.78, 5) is 11.6. The van der Waals surface area contributed by atoms with Gasteiger partial charge in [0.1, 0.15) is 5.78 Å². The van der Waals surface area contributed by atoms with Gasteiger partial charge >= 0.3 is 0 Å². The fourth-order valence-electron chi connectivity index (χ4n) is 1.77. The molecule has 0 aromatic heterocycles. The molecule has 0 unspecified atom stereocenters. The SMILES string of the molecule is CC(C)C(=O)C1(CN)CCC1. The Morgan fingerprint density at radius 2 is 2.09 bits per heavy atom. The molecule has 11 heavy (non-hydrogen) atoms. The van der Waals surface area contributed by atoms with Crippen LogP contribution in [0.4, 0.5) is 0 Å². The summed E-state index contributed by atoms with van der Waals surface area (Å²) in [6.45, 7) is 4.46. The Bertz CT molecular complexity index is 153. The number of nitrogens with two attached hydrogens (primary N) is 1. The fourth-order valence-corrected chi connectivity index (χ4v) is 1.77. The first-order valence-electron chi connectivity index (χ1n) is 4.37. The van der Waals surface area contributed by atoms with Crippen molar-refractivity contribution in [2.75, 3.05) is 6.54 Å². The van der Waals surface area contributed by atoms with Crippen molar-refractivity contribution < 1.29 is 4.79 Å². The highest BCUT2D eigenvalue weighted by molar-refractivity contribution is 5.87. The average molecular weight is 155 g/mol. The van der Waals surface area contributed by atoms with Crippen LogP contribution in [0.5, 0.6) is 0 Å². The molecular weight excluding hydrogens is 138 g/mol. The Hall–Kier alpha value is -0.370. The van der Waals surface area contributed by atoms with E-state index in [1.807, 2.05) is 13.8 Å². The van der Waals surface area contributed by atoms with Gasteiger partial charge in [0, 0.05) is 17.9 Å². The topological polar surface area (TPSA) is 43.1 Å². The van der Waals surface area contributed by atoms with Crippen LogP contribution in [0.15, 0.2) is 0 Å². The third-order valence-corrected chi connectivity index (χ3v) is 2.75. The zero-order valence-corrected chi connectivity index (χ0v) is 7.39. The van der Waals surface area contributed by atoms with Crippen molar-refractivity contribution in [2.24, 2.45) is 17.1 Å². The highest BCUT2D eigenvalue weighted by Crippen LogP contribution is 2.42. The molecule has 1 saturated carbocycles. The molecule has 0 radical (unpaired) electrons. The van der Waals surface area contributed by atoms with E-state index in [9.17, 15) is 4.79 Å². The summed E-state index contributed by atoms with van der Waals surface area (Å²) in [5.41, 5.74) is 5.47. The summed E-state index contributed by atoms with van der Waals surface area (Å²) in [5, 5.41) is 0. The zero-order chi connectivity index (χ0) is 8.48. The van der Waals surface area contributed by atoms with Gasteiger partial charge in [0.25, 0.3) is 0 Å². The lowest BCUT2D eigenvalue weighted by atomic mass is 9.64. The molecule has 0 aromatic carbocycles. The Labute approximate surface area is 68.2 Å². The van der Waals surface area contributed by atoms with Crippen LogP contribution in [-0.4, -0.2) is 12.3 Å². The lowest BCUT2D eigenvalue weighted by Crippen LogP contribution is -2.46. The molecule has 0 amide bonds. The van der Waals surface area contributed by atoms with E-state index in [2.05, 4.69) is 0 Å². The number of Topliss-reactive ketones (excluding diaryl/α,β-unsaturated/α-hetero) is 1. The van der Waals surface area contributed by atoms with E-state index in [1.165, 1.54) is 6.42 Å². The Morgan fingerprint density at radius 3 is 2.18 bits per heavy atom. The Balaban J connectivity index is 2.62. The molecular formula is C9H17NO. The van der Waals surface area contributed by atoms with Gasteiger partial charge in [-0.15, -0.1) is 0 Å². The summed E-state index contributed by atoms with van der Waals surface area (Å²) in [6.07, 6.45) is 3.21. The van der Waals surface area contributed by atoms with E-state index in [0.717, 1.165) is 12.8 Å². The van der Waals surface area contributed by atoms with Crippen molar-refractivity contribution in [2.45, 2.75) is 33.1 Å². The van der Waals surface area contributed by atoms with Crippen molar-refractivity contribution in [3.63, 3.8) is 0 Å². The van der Waals surface area contributed by atoms with E-state index in [0.29, 0.717) is 12.3 Å². The predicted octanol–water partition coefficient (Wildman–Crippen LogP) is 1.34. The van der Waals surface area contributed by atoms with Crippen LogP contribution < -0.4 is 5.73 Å². The normalized spacial score (nSPS) is 21.5. The molecule has 1 aliphatic carbocycles. The molecule has 0 saturated heterocycles. The number of carbonyl (C=O) groups excluding carboxylic acids is 1. The molecule has 0 heterocycles. The van der Waals surface area contributed by atoms with Crippen LogP contribution in [0, 0.1) is 11.3 Å². The number of ketones is 1. The minimum atomic E-state index is -0.117. The van der Waals surface area contributed by atoms with Crippen LogP contribution in [0.1, 0.15) is 33.1 Å². The Morgan fingerprint density at radius 1 is 1.55 bits per heavy atom. The molecule has 2 nitrogen and oxygen atoms in total. The summed E-state index contributed by atoms with van der Waals surface area (Å²) >= 11 is 0. The first kappa shape index (κ1) is 8.72. The molecule has 0 atom stereocenters. The first-order chi connectivity index (χ1) is 5.12. The highest BCUT2D eigenvalue weighted by Gasteiger charge is 2.43. The van der Waals surface area contributed by atoms with E-state index < -0.39 is 0 Å². The van der Waals surface area contributed by atoms with Gasteiger partial charge in [0.2, 0.25) is 0 Å². The summed E-state index contributed by atoms with van der Waals surface area (Å²) in [7, 11) is 0. The number of carbonyl (C=O) groups is 1. The maximum absolute atomic E-state index is 11.6. The van der Waals surface area contributed by atoms with Gasteiger partial charge in [-0.2, -0.15) is 0 Å². The van der Waals surface area contributed by atoms with Crippen LogP contribution >= 0.6 is 0 Å². The van der Waals surface area contributed by atoms with Crippen LogP contribution in [-0.2, 0) is 4.79 Å². The van der Waals surface area contributed by atoms with Crippen LogP contribution in [0.2, 0.25) is 0 Å². The standard InChI is InChI=1S/C9H17NO/c1-7(2)8(11)9(6-10)4-3-5-9/h7H,3-6,10H2,1-2H3. The zero-order valence-electron chi connectivity index (χ0n) is 7.39. The van der Waals surface area contributed by atoms with Crippen molar-refractivity contribution in [1.82, 2.24) is 0 Å². The van der Waals surface area contributed by atoms with Gasteiger partial charge in [0.15, 0.2) is 0 Å². The second kappa shape index (κ2) is 2.94. The van der Waals surface area contributed by atoms with E-state index in [1.54, 1.807) is 0 Å². The molecule has 2 heteroatoms. The summed E-state index contributed by atoms with van der Waals surface area (Å²) in [5.74, 6) is 0.519. The maximum Gasteiger partial charge on any atom is 0.142 e. The number of hydrogen-bond donors (Lipinski definition) is 1. The van der Waals surface area contributed by atoms with Gasteiger partial charge < -0.3 is 5.73 Å². The minimum absolute atomic E-state index is 0.117. The van der Waals surface area contributed by atoms with Crippen molar-refractivity contribution >= 4 is 5.78 Å². The average Bonchev–Trinajstić information content (AvgIpc) is 1.86. The van der Waals surface area contributed by atoms with Crippen LogP contribution in [0.3, 0.4) is 0 Å². The van der Waals surface area contributed by atoms with E-state index >= 15 is 0 Å². The summed E-state index contributed by atoms with van der Waals surface area (Å²) in [6, 6.07) is 0. The van der Waals surface area contributed by atoms with Crippen molar-refractivity contribution in [3.05, 3.63) is 0 Å². The lowest BCUT2D eigenvalue weighted by molar-refractivity contribution is -0.136. The molecule has 2 N–H and O–H groups in total. The molecule has 1 fully saturated rings. The van der Waals surface area contributed by atoms with E-state index in [4.69, 9.17) is 5.73 Å². The van der Waals surface area contributed by atoms with E-state index in [-0.39, 0.29) is 11.3 Å². The molecule has 0 bridgehead atoms. The number of hydrogen-bond acceptors (Lipinski definition) is 2. The maximum atomic E-state index is 11.6. The van der Waals surface area contributed by atoms with Gasteiger partial charge in [-0.1, -0.05) is 20.3 Å². The molecule has 64 valence electrons. The fraction of sp³-hybridized carbons (Fsp3) is 0.889. The predicted molar refractivity (Wildman–Crippen MR) is 45.2 cm³/mol. The lowest BCUT2D eigenvalue weighted by Gasteiger charge is -2.40. The first-order valence-corrected chi connectivity index (χ1v) is 4.37. The van der Waals surface area contributed by atoms with Gasteiger partial charge in [0.05, 0.1) is 0 Å². The van der Waals surface area contributed by atoms with Crippen molar-refractivity contribution in [3.8, 4) is 0 Å². The second-order valence-corrected chi connectivity index (χ2v) is 3.86. The molecule has 0 aromatic rings. The Kier molecular flexibility index (Phi) is 2.33. The van der Waals surface area contributed by atoms with Gasteiger partial charge in [-0.25, -0.2) is 0 Å². The van der Waals surface area contributed by atoms with Crippen molar-refractivity contribution in [1.29, 1.82) is 0 Å². The second-order valence-electron chi connectivity index (χ2n) is 3.86. The molecule has 1 rings (SSSR count). The smallest absolute Gasteiger partial charge is 0.142 e.